The molecule has 0 atom stereocenters. The number of non-ortho nitro benzene ring substituents is 1. The maximum Gasteiger partial charge on any atom is 0.271 e. The van der Waals surface area contributed by atoms with Crippen LogP contribution in [-0.4, -0.2) is 20.3 Å². The van der Waals surface area contributed by atoms with Gasteiger partial charge in [0.1, 0.15) is 6.33 Å². The van der Waals surface area contributed by atoms with Gasteiger partial charge in [0.25, 0.3) is 5.69 Å². The molecule has 3 aromatic carbocycles. The van der Waals surface area contributed by atoms with E-state index in [1.807, 2.05) is 47.0 Å². The fraction of sp³-hybridized carbons (Fsp3) is 0. The van der Waals surface area contributed by atoms with E-state index in [0.717, 1.165) is 16.8 Å². The highest BCUT2D eigenvalue weighted by molar-refractivity contribution is 6.06. The van der Waals surface area contributed by atoms with E-state index < -0.39 is 4.92 Å². The van der Waals surface area contributed by atoms with E-state index in [-0.39, 0.29) is 11.5 Å². The molecule has 0 spiro atoms. The number of fused-ring (bicyclic) bond motifs is 1. The summed E-state index contributed by atoms with van der Waals surface area (Å²) < 4.78 is 1.83. The van der Waals surface area contributed by atoms with Crippen LogP contribution in [0.15, 0.2) is 85.2 Å². The Kier molecular flexibility index (Phi) is 4.51. The van der Waals surface area contributed by atoms with Crippen LogP contribution in [0.5, 0.6) is 0 Å². The molecule has 6 heteroatoms. The van der Waals surface area contributed by atoms with Gasteiger partial charge in [-0.15, -0.1) is 0 Å². The smallest absolute Gasteiger partial charge is 0.271 e. The molecule has 0 aliphatic rings. The number of aromatic nitrogens is 2. The Bertz CT molecular complexity index is 1190. The molecule has 0 fully saturated rings. The molecule has 1 heterocycles. The highest BCUT2D eigenvalue weighted by Gasteiger charge is 2.11. The van der Waals surface area contributed by atoms with Gasteiger partial charge < -0.3 is 0 Å². The predicted octanol–water partition coefficient (Wildman–Crippen LogP) is 4.83. The SMILES string of the molecule is O=C(/C=C/c1ccccc1)c1ccc(-n2cnc3cc([N+](=O)[O-])ccc32)cc1. The summed E-state index contributed by atoms with van der Waals surface area (Å²) in [5, 5.41) is 10.9. The van der Waals surface area contributed by atoms with Gasteiger partial charge in [0.05, 0.1) is 16.0 Å². The van der Waals surface area contributed by atoms with Crippen molar-refractivity contribution in [1.29, 1.82) is 0 Å². The van der Waals surface area contributed by atoms with E-state index in [2.05, 4.69) is 4.98 Å². The number of carbonyl (C=O) groups excluding carboxylic acids is 1. The van der Waals surface area contributed by atoms with Crippen LogP contribution in [-0.2, 0) is 0 Å². The Hall–Kier alpha value is -4.06. The molecule has 4 rings (SSSR count). The molecule has 0 saturated heterocycles. The zero-order valence-corrected chi connectivity index (χ0v) is 14.7. The van der Waals surface area contributed by atoms with E-state index in [1.54, 1.807) is 36.7 Å². The summed E-state index contributed by atoms with van der Waals surface area (Å²) in [5.41, 5.74) is 3.67. The van der Waals surface area contributed by atoms with E-state index >= 15 is 0 Å². The first-order valence-electron chi connectivity index (χ1n) is 8.61. The number of nitro groups is 1. The Morgan fingerprint density at radius 3 is 2.46 bits per heavy atom. The predicted molar refractivity (Wildman–Crippen MR) is 108 cm³/mol. The van der Waals surface area contributed by atoms with Gasteiger partial charge in [-0.05, 0) is 42.0 Å². The lowest BCUT2D eigenvalue weighted by Crippen LogP contribution is -1.97. The highest BCUT2D eigenvalue weighted by Crippen LogP contribution is 2.23. The minimum absolute atomic E-state index is 0.00361. The maximum absolute atomic E-state index is 12.4. The lowest BCUT2D eigenvalue weighted by Gasteiger charge is -2.05. The average Bonchev–Trinajstić information content (AvgIpc) is 3.16. The average molecular weight is 369 g/mol. The number of carbonyl (C=O) groups is 1. The summed E-state index contributed by atoms with van der Waals surface area (Å²) in [6.07, 6.45) is 4.95. The van der Waals surface area contributed by atoms with Gasteiger partial charge in [0.15, 0.2) is 5.78 Å². The number of nitro benzene ring substituents is 1. The van der Waals surface area contributed by atoms with E-state index in [4.69, 9.17) is 0 Å². The molecule has 4 aromatic rings. The first-order chi connectivity index (χ1) is 13.6. The van der Waals surface area contributed by atoms with Crippen molar-refractivity contribution in [2.75, 3.05) is 0 Å². The number of imidazole rings is 1. The number of ketones is 1. The van der Waals surface area contributed by atoms with Gasteiger partial charge in [-0.1, -0.05) is 36.4 Å². The monoisotopic (exact) mass is 369 g/mol. The Labute approximate surface area is 160 Å². The second-order valence-corrected chi connectivity index (χ2v) is 6.20. The van der Waals surface area contributed by atoms with Crippen LogP contribution in [0.3, 0.4) is 0 Å². The second-order valence-electron chi connectivity index (χ2n) is 6.20. The quantitative estimate of drug-likeness (QED) is 0.218. The number of nitrogens with zero attached hydrogens (tertiary/aromatic N) is 3. The molecule has 0 unspecified atom stereocenters. The van der Waals surface area contributed by atoms with Crippen molar-refractivity contribution in [2.24, 2.45) is 0 Å². The summed E-state index contributed by atoms with van der Waals surface area (Å²) in [7, 11) is 0. The van der Waals surface area contributed by atoms with Crippen LogP contribution < -0.4 is 0 Å². The number of allylic oxidation sites excluding steroid dienone is 1. The Morgan fingerprint density at radius 2 is 1.75 bits per heavy atom. The van der Waals surface area contributed by atoms with Crippen molar-refractivity contribution in [2.45, 2.75) is 0 Å². The zero-order chi connectivity index (χ0) is 19.5. The molecule has 0 bridgehead atoms. The normalized spacial score (nSPS) is 11.1. The molecule has 6 nitrogen and oxygen atoms in total. The Balaban J connectivity index is 1.58. The fourth-order valence-electron chi connectivity index (χ4n) is 2.94. The lowest BCUT2D eigenvalue weighted by atomic mass is 10.1. The molecule has 0 aliphatic heterocycles. The van der Waals surface area contributed by atoms with Crippen molar-refractivity contribution in [1.82, 2.24) is 9.55 Å². The number of hydrogen-bond acceptors (Lipinski definition) is 4. The molecule has 0 N–H and O–H groups in total. The highest BCUT2D eigenvalue weighted by atomic mass is 16.6. The third-order valence-corrected chi connectivity index (χ3v) is 4.40. The lowest BCUT2D eigenvalue weighted by molar-refractivity contribution is -0.384. The maximum atomic E-state index is 12.4. The summed E-state index contributed by atoms with van der Waals surface area (Å²) in [6.45, 7) is 0. The largest absolute Gasteiger partial charge is 0.299 e. The van der Waals surface area contributed by atoms with Crippen molar-refractivity contribution in [3.63, 3.8) is 0 Å². The van der Waals surface area contributed by atoms with Gasteiger partial charge in [0.2, 0.25) is 0 Å². The summed E-state index contributed by atoms with van der Waals surface area (Å²) in [6, 6.07) is 21.4. The topological polar surface area (TPSA) is 78.0 Å². The molecule has 136 valence electrons. The molecular weight excluding hydrogens is 354 g/mol. The van der Waals surface area contributed by atoms with Crippen molar-refractivity contribution < 1.29 is 9.72 Å². The summed E-state index contributed by atoms with van der Waals surface area (Å²) in [5.74, 6) is -0.0819. The third-order valence-electron chi connectivity index (χ3n) is 4.40. The number of hydrogen-bond donors (Lipinski definition) is 0. The minimum atomic E-state index is -0.443. The van der Waals surface area contributed by atoms with Gasteiger partial charge >= 0.3 is 0 Å². The van der Waals surface area contributed by atoms with Gasteiger partial charge in [-0.3, -0.25) is 19.5 Å². The van der Waals surface area contributed by atoms with Crippen LogP contribution in [0.1, 0.15) is 15.9 Å². The van der Waals surface area contributed by atoms with Crippen LogP contribution in [0.4, 0.5) is 5.69 Å². The molecule has 28 heavy (non-hydrogen) atoms. The van der Waals surface area contributed by atoms with Gasteiger partial charge in [-0.25, -0.2) is 4.98 Å². The van der Waals surface area contributed by atoms with Crippen molar-refractivity contribution >= 4 is 28.6 Å². The number of benzene rings is 3. The standard InChI is InChI=1S/C22H15N3O3/c26-22(13-6-16-4-2-1-3-5-16)17-7-9-18(10-8-17)24-15-23-20-14-19(25(27)28)11-12-21(20)24/h1-15H/b13-6+. The zero-order valence-electron chi connectivity index (χ0n) is 14.7. The van der Waals surface area contributed by atoms with Crippen LogP contribution in [0.25, 0.3) is 22.8 Å². The van der Waals surface area contributed by atoms with Crippen molar-refractivity contribution in [3.05, 3.63) is 106 Å². The molecule has 0 radical (unpaired) electrons. The third kappa shape index (κ3) is 3.43. The first kappa shape index (κ1) is 17.4. The van der Waals surface area contributed by atoms with Crippen LogP contribution in [0, 0.1) is 10.1 Å². The fourth-order valence-corrected chi connectivity index (χ4v) is 2.94. The molecule has 1 aromatic heterocycles. The van der Waals surface area contributed by atoms with Gasteiger partial charge in [0, 0.05) is 23.4 Å². The van der Waals surface area contributed by atoms with E-state index in [0.29, 0.717) is 11.1 Å². The Morgan fingerprint density at radius 1 is 1.00 bits per heavy atom. The molecular formula is C22H15N3O3. The van der Waals surface area contributed by atoms with Crippen LogP contribution in [0.2, 0.25) is 0 Å². The van der Waals surface area contributed by atoms with Gasteiger partial charge in [-0.2, -0.15) is 0 Å². The van der Waals surface area contributed by atoms with E-state index in [9.17, 15) is 14.9 Å². The van der Waals surface area contributed by atoms with E-state index in [1.165, 1.54) is 12.1 Å². The summed E-state index contributed by atoms with van der Waals surface area (Å²) in [4.78, 5) is 27.1. The number of rotatable bonds is 5. The second kappa shape index (κ2) is 7.28. The molecule has 0 aliphatic carbocycles. The summed E-state index contributed by atoms with van der Waals surface area (Å²) >= 11 is 0. The minimum Gasteiger partial charge on any atom is -0.299 e. The van der Waals surface area contributed by atoms with Crippen molar-refractivity contribution in [3.8, 4) is 5.69 Å². The first-order valence-corrected chi connectivity index (χ1v) is 8.61. The van der Waals surface area contributed by atoms with Crippen LogP contribution >= 0.6 is 0 Å². The molecule has 0 amide bonds. The molecule has 0 saturated carbocycles.